The summed E-state index contributed by atoms with van der Waals surface area (Å²) in [5.41, 5.74) is 0.820. The molecule has 31 heavy (non-hydrogen) atoms. The van der Waals surface area contributed by atoms with Crippen molar-refractivity contribution >= 4 is 15.7 Å². The van der Waals surface area contributed by atoms with Crippen LogP contribution in [0.3, 0.4) is 0 Å². The van der Waals surface area contributed by atoms with Gasteiger partial charge in [-0.3, -0.25) is 10.1 Å². The van der Waals surface area contributed by atoms with Crippen LogP contribution in [0.25, 0.3) is 11.4 Å². The van der Waals surface area contributed by atoms with E-state index in [1.165, 1.54) is 36.7 Å². The number of imidazole rings is 1. The minimum absolute atomic E-state index is 0.0111. The second-order valence-electron chi connectivity index (χ2n) is 6.73. The number of hydrogen-bond donors (Lipinski definition) is 0. The molecule has 0 radical (unpaired) electrons. The molecule has 0 aliphatic heterocycles. The molecule has 0 aliphatic carbocycles. The van der Waals surface area contributed by atoms with Gasteiger partial charge in [0.1, 0.15) is 0 Å². The lowest BCUT2D eigenvalue weighted by Gasteiger charge is -2.14. The molecule has 0 amide bonds. The third-order valence-corrected chi connectivity index (χ3v) is 6.11. The zero-order chi connectivity index (χ0) is 22.6. The number of aromatic nitrogens is 2. The van der Waals surface area contributed by atoms with Crippen LogP contribution in [0.1, 0.15) is 25.8 Å². The van der Waals surface area contributed by atoms with Crippen LogP contribution >= 0.6 is 0 Å². The van der Waals surface area contributed by atoms with Crippen molar-refractivity contribution in [1.29, 1.82) is 0 Å². The highest BCUT2D eigenvalue weighted by Gasteiger charge is 2.27. The van der Waals surface area contributed by atoms with Crippen molar-refractivity contribution in [2.45, 2.75) is 32.1 Å². The number of rotatable bonds is 9. The van der Waals surface area contributed by atoms with Crippen LogP contribution in [-0.4, -0.2) is 35.5 Å². The SMILES string of the molecule is CCCOc1c(OCC)cc(-c2nccn2S(=O)(=O)c2ccc(C)cc2)cc1[N+](=O)[O-]. The molecule has 0 saturated heterocycles. The van der Waals surface area contributed by atoms with Crippen LogP contribution in [-0.2, 0) is 10.0 Å². The van der Waals surface area contributed by atoms with Gasteiger partial charge < -0.3 is 9.47 Å². The van der Waals surface area contributed by atoms with Crippen molar-refractivity contribution in [2.75, 3.05) is 13.2 Å². The third-order valence-electron chi connectivity index (χ3n) is 4.43. The van der Waals surface area contributed by atoms with E-state index in [1.54, 1.807) is 19.1 Å². The van der Waals surface area contributed by atoms with Gasteiger partial charge in [0.15, 0.2) is 11.6 Å². The normalized spacial score (nSPS) is 11.3. The Morgan fingerprint density at radius 2 is 1.84 bits per heavy atom. The zero-order valence-corrected chi connectivity index (χ0v) is 18.3. The quantitative estimate of drug-likeness (QED) is 0.358. The molecule has 1 heterocycles. The molecule has 0 spiro atoms. The lowest BCUT2D eigenvalue weighted by molar-refractivity contribution is -0.385. The Kier molecular flexibility index (Phi) is 6.59. The highest BCUT2D eigenvalue weighted by atomic mass is 32.2. The van der Waals surface area contributed by atoms with E-state index in [0.29, 0.717) is 6.42 Å². The standard InChI is InChI=1S/C21H23N3O6S/c1-4-12-30-20-18(24(25)26)13-16(14-19(20)29-5-2)21-22-10-11-23(21)31(27,28)17-8-6-15(3)7-9-17/h6-11,13-14H,4-5,12H2,1-3H3. The van der Waals surface area contributed by atoms with E-state index < -0.39 is 14.9 Å². The summed E-state index contributed by atoms with van der Waals surface area (Å²) in [7, 11) is -3.96. The van der Waals surface area contributed by atoms with Crippen LogP contribution in [0.4, 0.5) is 5.69 Å². The highest BCUT2D eigenvalue weighted by Crippen LogP contribution is 2.41. The molecule has 0 fully saturated rings. The van der Waals surface area contributed by atoms with Crippen LogP contribution < -0.4 is 9.47 Å². The maximum Gasteiger partial charge on any atom is 0.315 e. The van der Waals surface area contributed by atoms with Gasteiger partial charge in [-0.2, -0.15) is 0 Å². The number of ether oxygens (including phenoxy) is 2. The Morgan fingerprint density at radius 3 is 2.45 bits per heavy atom. The van der Waals surface area contributed by atoms with E-state index in [2.05, 4.69) is 4.98 Å². The van der Waals surface area contributed by atoms with Crippen molar-refractivity contribution in [3.05, 3.63) is 64.5 Å². The topological polar surface area (TPSA) is 114 Å². The van der Waals surface area contributed by atoms with Gasteiger partial charge in [-0.05, 0) is 38.5 Å². The molecule has 0 saturated carbocycles. The van der Waals surface area contributed by atoms with E-state index in [1.807, 2.05) is 13.8 Å². The first-order valence-electron chi connectivity index (χ1n) is 9.73. The second kappa shape index (κ2) is 9.17. The summed E-state index contributed by atoms with van der Waals surface area (Å²) in [4.78, 5) is 15.4. The summed E-state index contributed by atoms with van der Waals surface area (Å²) >= 11 is 0. The second-order valence-corrected chi connectivity index (χ2v) is 8.54. The molecule has 0 unspecified atom stereocenters. The Balaban J connectivity index is 2.17. The number of nitrogens with zero attached hydrogens (tertiary/aromatic N) is 3. The monoisotopic (exact) mass is 445 g/mol. The molecule has 10 heteroatoms. The van der Waals surface area contributed by atoms with Gasteiger partial charge >= 0.3 is 5.69 Å². The van der Waals surface area contributed by atoms with E-state index in [4.69, 9.17) is 9.47 Å². The summed E-state index contributed by atoms with van der Waals surface area (Å²) in [6, 6.07) is 9.15. The lowest BCUT2D eigenvalue weighted by Crippen LogP contribution is -2.14. The predicted molar refractivity (Wildman–Crippen MR) is 115 cm³/mol. The molecule has 2 aromatic carbocycles. The Bertz CT molecular complexity index is 1190. The fraction of sp³-hybridized carbons (Fsp3) is 0.286. The maximum atomic E-state index is 13.2. The number of nitro groups is 1. The first-order chi connectivity index (χ1) is 14.8. The molecular formula is C21H23N3O6S. The van der Waals surface area contributed by atoms with Crippen LogP contribution in [0.15, 0.2) is 53.7 Å². The van der Waals surface area contributed by atoms with Crippen molar-refractivity contribution < 1.29 is 22.8 Å². The van der Waals surface area contributed by atoms with Gasteiger partial charge in [-0.15, -0.1) is 0 Å². The van der Waals surface area contributed by atoms with Gasteiger partial charge in [-0.25, -0.2) is 17.4 Å². The first kappa shape index (κ1) is 22.3. The zero-order valence-electron chi connectivity index (χ0n) is 17.4. The fourth-order valence-corrected chi connectivity index (χ4v) is 4.28. The fourth-order valence-electron chi connectivity index (χ4n) is 2.98. The van der Waals surface area contributed by atoms with Gasteiger partial charge in [0, 0.05) is 24.0 Å². The van der Waals surface area contributed by atoms with Crippen molar-refractivity contribution in [3.8, 4) is 22.9 Å². The summed E-state index contributed by atoms with van der Waals surface area (Å²) in [6.07, 6.45) is 3.29. The van der Waals surface area contributed by atoms with Crippen LogP contribution in [0, 0.1) is 17.0 Å². The molecule has 1 aromatic heterocycles. The predicted octanol–water partition coefficient (Wildman–Crippen LogP) is 4.19. The Labute approximate surface area is 180 Å². The largest absolute Gasteiger partial charge is 0.490 e. The van der Waals surface area contributed by atoms with Crippen LogP contribution in [0.5, 0.6) is 11.5 Å². The molecule has 0 N–H and O–H groups in total. The van der Waals surface area contributed by atoms with Gasteiger partial charge in [0.2, 0.25) is 5.75 Å². The van der Waals surface area contributed by atoms with Gasteiger partial charge in [0.05, 0.1) is 23.0 Å². The molecule has 164 valence electrons. The van der Waals surface area contributed by atoms with E-state index in [0.717, 1.165) is 9.54 Å². The third kappa shape index (κ3) is 4.53. The van der Waals surface area contributed by atoms with Crippen molar-refractivity contribution in [2.24, 2.45) is 0 Å². The highest BCUT2D eigenvalue weighted by molar-refractivity contribution is 7.90. The average Bonchev–Trinajstić information content (AvgIpc) is 3.23. The summed E-state index contributed by atoms with van der Waals surface area (Å²) < 4.78 is 38.5. The van der Waals surface area contributed by atoms with Crippen molar-refractivity contribution in [3.63, 3.8) is 0 Å². The maximum absolute atomic E-state index is 13.2. The minimum atomic E-state index is -3.96. The number of benzene rings is 2. The summed E-state index contributed by atoms with van der Waals surface area (Å²) in [6.45, 7) is 6.00. The van der Waals surface area contributed by atoms with E-state index >= 15 is 0 Å². The lowest BCUT2D eigenvalue weighted by atomic mass is 10.1. The van der Waals surface area contributed by atoms with E-state index in [9.17, 15) is 18.5 Å². The minimum Gasteiger partial charge on any atom is -0.490 e. The van der Waals surface area contributed by atoms with Crippen molar-refractivity contribution in [1.82, 2.24) is 8.96 Å². The molecule has 0 aliphatic rings. The smallest absolute Gasteiger partial charge is 0.315 e. The van der Waals surface area contributed by atoms with E-state index in [-0.39, 0.29) is 46.7 Å². The number of aryl methyl sites for hydroxylation is 1. The molecule has 3 rings (SSSR count). The Hall–Kier alpha value is -3.40. The van der Waals surface area contributed by atoms with Gasteiger partial charge in [0.25, 0.3) is 10.0 Å². The molecule has 3 aromatic rings. The van der Waals surface area contributed by atoms with Gasteiger partial charge in [-0.1, -0.05) is 24.6 Å². The Morgan fingerprint density at radius 1 is 1.13 bits per heavy atom. The molecular weight excluding hydrogens is 422 g/mol. The first-order valence-corrected chi connectivity index (χ1v) is 11.2. The number of nitro benzene ring substituents is 1. The summed E-state index contributed by atoms with van der Waals surface area (Å²) in [5.74, 6) is 0.200. The number of hydrogen-bond acceptors (Lipinski definition) is 7. The van der Waals surface area contributed by atoms with Crippen LogP contribution in [0.2, 0.25) is 0 Å². The molecule has 0 atom stereocenters. The average molecular weight is 445 g/mol. The summed E-state index contributed by atoms with van der Waals surface area (Å²) in [5, 5.41) is 11.7. The molecule has 9 nitrogen and oxygen atoms in total. The molecule has 0 bridgehead atoms.